The van der Waals surface area contributed by atoms with Crippen LogP contribution < -0.4 is 4.90 Å². The highest BCUT2D eigenvalue weighted by atomic mass is 16.5. The minimum absolute atomic E-state index is 0.107. The van der Waals surface area contributed by atoms with Gasteiger partial charge in [-0.1, -0.05) is 24.3 Å². The van der Waals surface area contributed by atoms with Gasteiger partial charge < -0.3 is 4.74 Å². The Hall–Kier alpha value is -2.69. The van der Waals surface area contributed by atoms with Crippen molar-refractivity contribution in [3.8, 4) is 0 Å². The van der Waals surface area contributed by atoms with E-state index in [0.29, 0.717) is 11.4 Å². The molecule has 1 atom stereocenters. The van der Waals surface area contributed by atoms with E-state index in [1.807, 2.05) is 24.3 Å². The Morgan fingerprint density at radius 2 is 2.00 bits per heavy atom. The fraction of sp³-hybridized carbons (Fsp3) is 0.188. The number of amides is 1. The molecule has 0 spiro atoms. The van der Waals surface area contributed by atoms with Crippen molar-refractivity contribution < 1.29 is 14.3 Å². The average molecular weight is 282 g/mol. The lowest BCUT2D eigenvalue weighted by molar-refractivity contribution is -0.141. The summed E-state index contributed by atoms with van der Waals surface area (Å²) in [5, 5.41) is 0. The molecule has 0 saturated carbocycles. The zero-order valence-electron chi connectivity index (χ0n) is 11.5. The summed E-state index contributed by atoms with van der Waals surface area (Å²) >= 11 is 0. The molecule has 0 fully saturated rings. The third-order valence-corrected chi connectivity index (χ3v) is 3.56. The number of ether oxygens (including phenoxy) is 1. The van der Waals surface area contributed by atoms with Gasteiger partial charge in [0.1, 0.15) is 5.82 Å². The van der Waals surface area contributed by atoms with E-state index in [4.69, 9.17) is 4.74 Å². The van der Waals surface area contributed by atoms with Gasteiger partial charge >= 0.3 is 5.97 Å². The average Bonchev–Trinajstić information content (AvgIpc) is 2.81. The number of rotatable bonds is 3. The van der Waals surface area contributed by atoms with Gasteiger partial charge in [-0.3, -0.25) is 14.5 Å². The number of methoxy groups -OCH3 is 1. The fourth-order valence-electron chi connectivity index (χ4n) is 2.60. The van der Waals surface area contributed by atoms with Gasteiger partial charge in [0.2, 0.25) is 0 Å². The first-order chi connectivity index (χ1) is 10.2. The van der Waals surface area contributed by atoms with Gasteiger partial charge in [0, 0.05) is 11.8 Å². The van der Waals surface area contributed by atoms with E-state index in [0.717, 1.165) is 5.56 Å². The topological polar surface area (TPSA) is 59.5 Å². The van der Waals surface area contributed by atoms with Crippen LogP contribution in [0.2, 0.25) is 0 Å². The lowest BCUT2D eigenvalue weighted by Crippen LogP contribution is -2.30. The number of pyridine rings is 1. The van der Waals surface area contributed by atoms with Gasteiger partial charge in [0.05, 0.1) is 19.6 Å². The summed E-state index contributed by atoms with van der Waals surface area (Å²) in [4.78, 5) is 30.1. The molecule has 2 heterocycles. The number of aromatic nitrogens is 1. The van der Waals surface area contributed by atoms with E-state index in [1.165, 1.54) is 7.11 Å². The van der Waals surface area contributed by atoms with Crippen LogP contribution in [0.3, 0.4) is 0 Å². The van der Waals surface area contributed by atoms with Crippen molar-refractivity contribution in [2.24, 2.45) is 0 Å². The maximum atomic E-state index is 12.6. The van der Waals surface area contributed by atoms with Crippen molar-refractivity contribution >= 4 is 17.7 Å². The second-order valence-corrected chi connectivity index (χ2v) is 4.75. The van der Waals surface area contributed by atoms with Gasteiger partial charge in [-0.2, -0.15) is 0 Å². The van der Waals surface area contributed by atoms with Gasteiger partial charge in [0.25, 0.3) is 5.91 Å². The molecule has 0 aliphatic carbocycles. The van der Waals surface area contributed by atoms with Crippen molar-refractivity contribution in [3.63, 3.8) is 0 Å². The second-order valence-electron chi connectivity index (χ2n) is 4.75. The van der Waals surface area contributed by atoms with Crippen molar-refractivity contribution in [3.05, 3.63) is 59.8 Å². The summed E-state index contributed by atoms with van der Waals surface area (Å²) < 4.78 is 4.75. The Morgan fingerprint density at radius 3 is 2.71 bits per heavy atom. The van der Waals surface area contributed by atoms with Crippen LogP contribution in [0.5, 0.6) is 0 Å². The number of anilines is 1. The first kappa shape index (κ1) is 13.3. The van der Waals surface area contributed by atoms with E-state index in [-0.39, 0.29) is 24.3 Å². The molecule has 1 aliphatic rings. The molecule has 1 amide bonds. The zero-order chi connectivity index (χ0) is 14.8. The van der Waals surface area contributed by atoms with Gasteiger partial charge in [-0.15, -0.1) is 0 Å². The molecule has 5 heteroatoms. The van der Waals surface area contributed by atoms with Gasteiger partial charge in [-0.25, -0.2) is 4.98 Å². The third-order valence-electron chi connectivity index (χ3n) is 3.56. The van der Waals surface area contributed by atoms with E-state index < -0.39 is 0 Å². The maximum absolute atomic E-state index is 12.6. The molecule has 0 radical (unpaired) electrons. The van der Waals surface area contributed by atoms with Crippen molar-refractivity contribution in [1.29, 1.82) is 0 Å². The number of benzene rings is 1. The maximum Gasteiger partial charge on any atom is 0.307 e. The van der Waals surface area contributed by atoms with Crippen LogP contribution >= 0.6 is 0 Å². The molecule has 0 unspecified atom stereocenters. The number of nitrogens with zero attached hydrogens (tertiary/aromatic N) is 2. The van der Waals surface area contributed by atoms with Crippen LogP contribution in [0.1, 0.15) is 28.4 Å². The van der Waals surface area contributed by atoms with Crippen LogP contribution in [-0.2, 0) is 9.53 Å². The summed E-state index contributed by atoms with van der Waals surface area (Å²) in [6, 6.07) is 12.3. The Kier molecular flexibility index (Phi) is 3.39. The summed E-state index contributed by atoms with van der Waals surface area (Å²) in [6.07, 6.45) is 1.73. The lowest BCUT2D eigenvalue weighted by atomic mass is 10.0. The van der Waals surface area contributed by atoms with E-state index >= 15 is 0 Å². The molecular formula is C16H14N2O3. The Bertz CT molecular complexity index is 685. The Labute approximate surface area is 122 Å². The van der Waals surface area contributed by atoms with Crippen molar-refractivity contribution in [2.45, 2.75) is 12.5 Å². The SMILES string of the molecule is COC(=O)C[C@H]1c2ccccc2C(=O)N1c1ccccn1. The largest absolute Gasteiger partial charge is 0.469 e. The molecule has 1 aromatic heterocycles. The van der Waals surface area contributed by atoms with Crippen molar-refractivity contribution in [1.82, 2.24) is 4.98 Å². The van der Waals surface area contributed by atoms with Crippen LogP contribution in [-0.4, -0.2) is 24.0 Å². The molecular weight excluding hydrogens is 268 g/mol. The van der Waals surface area contributed by atoms with Crippen molar-refractivity contribution in [2.75, 3.05) is 12.0 Å². The Morgan fingerprint density at radius 1 is 1.24 bits per heavy atom. The van der Waals surface area contributed by atoms with E-state index in [2.05, 4.69) is 4.98 Å². The highest BCUT2D eigenvalue weighted by Crippen LogP contribution is 2.38. The lowest BCUT2D eigenvalue weighted by Gasteiger charge is -2.23. The molecule has 21 heavy (non-hydrogen) atoms. The quantitative estimate of drug-likeness (QED) is 0.811. The summed E-state index contributed by atoms with van der Waals surface area (Å²) in [6.45, 7) is 0. The number of carbonyl (C=O) groups is 2. The highest BCUT2D eigenvalue weighted by Gasteiger charge is 2.39. The van der Waals surface area contributed by atoms with Gasteiger partial charge in [0.15, 0.2) is 0 Å². The molecule has 0 bridgehead atoms. The molecule has 0 saturated heterocycles. The fourth-order valence-corrected chi connectivity index (χ4v) is 2.60. The predicted octanol–water partition coefficient (Wildman–Crippen LogP) is 2.35. The number of esters is 1. The highest BCUT2D eigenvalue weighted by molar-refractivity contribution is 6.11. The molecule has 1 aromatic carbocycles. The number of hydrogen-bond acceptors (Lipinski definition) is 4. The molecule has 106 valence electrons. The molecule has 0 N–H and O–H groups in total. The number of hydrogen-bond donors (Lipinski definition) is 0. The normalized spacial score (nSPS) is 16.7. The summed E-state index contributed by atoms with van der Waals surface area (Å²) in [5.41, 5.74) is 1.44. The molecule has 2 aromatic rings. The molecule has 3 rings (SSSR count). The smallest absolute Gasteiger partial charge is 0.307 e. The monoisotopic (exact) mass is 282 g/mol. The van der Waals surface area contributed by atoms with Crippen LogP contribution in [0, 0.1) is 0 Å². The number of fused-ring (bicyclic) bond motifs is 1. The second kappa shape index (κ2) is 5.36. The minimum Gasteiger partial charge on any atom is -0.469 e. The first-order valence-electron chi connectivity index (χ1n) is 6.62. The predicted molar refractivity (Wildman–Crippen MR) is 76.9 cm³/mol. The number of carbonyl (C=O) groups excluding carboxylic acids is 2. The minimum atomic E-state index is -0.379. The Balaban J connectivity index is 2.06. The molecule has 1 aliphatic heterocycles. The van der Waals surface area contributed by atoms with E-state index in [1.54, 1.807) is 29.3 Å². The zero-order valence-corrected chi connectivity index (χ0v) is 11.5. The summed E-state index contributed by atoms with van der Waals surface area (Å²) in [7, 11) is 1.34. The van der Waals surface area contributed by atoms with E-state index in [9.17, 15) is 9.59 Å². The molecule has 5 nitrogen and oxygen atoms in total. The van der Waals surface area contributed by atoms with Crippen LogP contribution in [0.15, 0.2) is 48.7 Å². The summed E-state index contributed by atoms with van der Waals surface area (Å²) in [5.74, 6) is 0.0382. The van der Waals surface area contributed by atoms with Crippen LogP contribution in [0.25, 0.3) is 0 Å². The standard InChI is InChI=1S/C16H14N2O3/c1-21-15(19)10-13-11-6-2-3-7-12(11)16(20)18(13)14-8-4-5-9-17-14/h2-9,13H,10H2,1H3/t13-/m0/s1. The first-order valence-corrected chi connectivity index (χ1v) is 6.62. The third kappa shape index (κ3) is 2.27. The van der Waals surface area contributed by atoms with Crippen LogP contribution in [0.4, 0.5) is 5.82 Å². The van der Waals surface area contributed by atoms with Gasteiger partial charge in [-0.05, 0) is 23.8 Å².